The molecule has 5 aromatic rings. The molecule has 6 rings (SSSR count). The third-order valence-electron chi connectivity index (χ3n) is 6.88. The molecule has 1 amide bonds. The van der Waals surface area contributed by atoms with Crippen LogP contribution in [0.2, 0.25) is 0 Å². The number of rotatable bonds is 5. The first-order chi connectivity index (χ1) is 18.6. The molecule has 6 heteroatoms. The van der Waals surface area contributed by atoms with Crippen molar-refractivity contribution in [3.8, 4) is 0 Å². The van der Waals surface area contributed by atoms with Gasteiger partial charge in [-0.05, 0) is 65.6 Å². The van der Waals surface area contributed by atoms with Gasteiger partial charge in [0.05, 0.1) is 23.0 Å². The molecule has 0 aliphatic heterocycles. The molecule has 1 aliphatic carbocycles. The molecule has 0 radical (unpaired) electrons. The van der Waals surface area contributed by atoms with Crippen LogP contribution in [0.25, 0.3) is 33.3 Å². The van der Waals surface area contributed by atoms with E-state index in [4.69, 9.17) is 14.1 Å². The number of fused-ring (bicyclic) bond motifs is 3. The Morgan fingerprint density at radius 1 is 0.974 bits per heavy atom. The van der Waals surface area contributed by atoms with Crippen LogP contribution >= 0.6 is 0 Å². The van der Waals surface area contributed by atoms with Crippen molar-refractivity contribution in [2.45, 2.75) is 19.8 Å². The number of benzene rings is 3. The minimum Gasteiger partial charge on any atom is -0.465 e. The minimum atomic E-state index is -0.528. The molecule has 38 heavy (non-hydrogen) atoms. The molecule has 188 valence electrons. The van der Waals surface area contributed by atoms with E-state index in [9.17, 15) is 9.59 Å². The standard InChI is InChI=1S/C32H26N2O4/c1-20-16-22(18-23-10-7-15-37-23)31-26(17-20)30(25-12-4-5-13-28(25)34-31)32(36)38-19-29(35)33-27-14-6-9-21-8-2-3-11-24(21)27/h2-15,18,20H,16-17,19H2,1H3,(H,33,35)/b22-18+. The highest BCUT2D eigenvalue weighted by Gasteiger charge is 2.29. The number of aromatic nitrogens is 1. The maximum atomic E-state index is 13.6. The van der Waals surface area contributed by atoms with Crippen molar-refractivity contribution in [3.63, 3.8) is 0 Å². The number of nitrogens with one attached hydrogen (secondary N) is 1. The fourth-order valence-electron chi connectivity index (χ4n) is 5.24. The summed E-state index contributed by atoms with van der Waals surface area (Å²) in [7, 11) is 0. The van der Waals surface area contributed by atoms with Gasteiger partial charge >= 0.3 is 5.97 Å². The van der Waals surface area contributed by atoms with E-state index in [1.807, 2.05) is 84.9 Å². The lowest BCUT2D eigenvalue weighted by Crippen LogP contribution is -2.23. The molecule has 0 fully saturated rings. The molecule has 0 bridgehead atoms. The molecular weight excluding hydrogens is 476 g/mol. The normalized spacial score (nSPS) is 15.9. The second-order valence-corrected chi connectivity index (χ2v) is 9.68. The van der Waals surface area contributed by atoms with Crippen LogP contribution in [0.5, 0.6) is 0 Å². The molecular formula is C32H26N2O4. The van der Waals surface area contributed by atoms with Gasteiger partial charge in [-0.1, -0.05) is 61.5 Å². The largest absolute Gasteiger partial charge is 0.465 e. The Labute approximate surface area is 219 Å². The summed E-state index contributed by atoms with van der Waals surface area (Å²) in [5.41, 5.74) is 4.50. The van der Waals surface area contributed by atoms with Gasteiger partial charge in [0.2, 0.25) is 0 Å². The van der Waals surface area contributed by atoms with Crippen LogP contribution in [0.1, 0.15) is 40.7 Å². The molecule has 6 nitrogen and oxygen atoms in total. The summed E-state index contributed by atoms with van der Waals surface area (Å²) in [6.07, 6.45) is 5.14. The molecule has 0 saturated carbocycles. The number of carbonyl (C=O) groups is 2. The first-order valence-electron chi connectivity index (χ1n) is 12.7. The number of furan rings is 1. The number of pyridine rings is 1. The van der Waals surface area contributed by atoms with Crippen LogP contribution in [0.15, 0.2) is 89.5 Å². The van der Waals surface area contributed by atoms with Gasteiger partial charge in [-0.3, -0.25) is 4.79 Å². The maximum absolute atomic E-state index is 13.6. The van der Waals surface area contributed by atoms with Gasteiger partial charge in [-0.15, -0.1) is 0 Å². The van der Waals surface area contributed by atoms with Gasteiger partial charge in [0.25, 0.3) is 5.91 Å². The van der Waals surface area contributed by atoms with Crippen molar-refractivity contribution in [1.82, 2.24) is 4.98 Å². The van der Waals surface area contributed by atoms with E-state index in [1.54, 1.807) is 6.26 Å². The van der Waals surface area contributed by atoms with Crippen LogP contribution in [0.4, 0.5) is 5.69 Å². The zero-order valence-corrected chi connectivity index (χ0v) is 20.9. The Kier molecular flexibility index (Phi) is 6.22. The Morgan fingerprint density at radius 2 is 1.76 bits per heavy atom. The summed E-state index contributed by atoms with van der Waals surface area (Å²) in [5.74, 6) is 0.116. The SMILES string of the molecule is CC1C/C(=C\c2ccco2)c2nc3ccccc3c(C(=O)OCC(=O)Nc3cccc4ccccc34)c2C1. The van der Waals surface area contributed by atoms with E-state index < -0.39 is 18.5 Å². The lowest BCUT2D eigenvalue weighted by Gasteiger charge is -2.26. The third kappa shape index (κ3) is 4.57. The third-order valence-corrected chi connectivity index (χ3v) is 6.88. The zero-order chi connectivity index (χ0) is 26.1. The first-order valence-corrected chi connectivity index (χ1v) is 12.7. The lowest BCUT2D eigenvalue weighted by atomic mass is 9.81. The van der Waals surface area contributed by atoms with Crippen LogP contribution in [0, 0.1) is 5.92 Å². The summed E-state index contributed by atoms with van der Waals surface area (Å²) < 4.78 is 11.2. The molecule has 2 heterocycles. The smallest absolute Gasteiger partial charge is 0.339 e. The summed E-state index contributed by atoms with van der Waals surface area (Å²) in [6.45, 7) is 1.76. The number of hydrogen-bond acceptors (Lipinski definition) is 5. The van der Waals surface area contributed by atoms with E-state index >= 15 is 0 Å². The molecule has 2 aromatic heterocycles. The monoisotopic (exact) mass is 502 g/mol. The van der Waals surface area contributed by atoms with E-state index in [2.05, 4.69) is 12.2 Å². The fraction of sp³-hybridized carbons (Fsp3) is 0.156. The summed E-state index contributed by atoms with van der Waals surface area (Å²) >= 11 is 0. The van der Waals surface area contributed by atoms with Gasteiger partial charge in [0, 0.05) is 16.5 Å². The number of carbonyl (C=O) groups excluding carboxylic acids is 2. The number of amides is 1. The van der Waals surface area contributed by atoms with Crippen molar-refractivity contribution < 1.29 is 18.7 Å². The highest BCUT2D eigenvalue weighted by atomic mass is 16.5. The predicted octanol–water partition coefficient (Wildman–Crippen LogP) is 6.90. The Balaban J connectivity index is 1.31. The molecule has 0 spiro atoms. The number of allylic oxidation sites excluding steroid dienone is 1. The van der Waals surface area contributed by atoms with Crippen molar-refractivity contribution in [2.24, 2.45) is 5.92 Å². The quantitative estimate of drug-likeness (QED) is 0.264. The van der Waals surface area contributed by atoms with E-state index in [-0.39, 0.29) is 0 Å². The van der Waals surface area contributed by atoms with E-state index in [0.29, 0.717) is 29.1 Å². The van der Waals surface area contributed by atoms with Crippen LogP contribution in [0.3, 0.4) is 0 Å². The van der Waals surface area contributed by atoms with Crippen molar-refractivity contribution in [3.05, 3.63) is 108 Å². The lowest BCUT2D eigenvalue weighted by molar-refractivity contribution is -0.119. The number of esters is 1. The van der Waals surface area contributed by atoms with Crippen molar-refractivity contribution in [1.29, 1.82) is 0 Å². The van der Waals surface area contributed by atoms with E-state index in [0.717, 1.165) is 45.2 Å². The summed E-state index contributed by atoms with van der Waals surface area (Å²) in [6, 6.07) is 24.8. The summed E-state index contributed by atoms with van der Waals surface area (Å²) in [5, 5.41) is 5.54. The van der Waals surface area contributed by atoms with Gasteiger partial charge in [0.15, 0.2) is 6.61 Å². The van der Waals surface area contributed by atoms with Crippen molar-refractivity contribution in [2.75, 3.05) is 11.9 Å². The molecule has 1 aliphatic rings. The van der Waals surface area contributed by atoms with Gasteiger partial charge in [-0.25, -0.2) is 9.78 Å². The Hall–Kier alpha value is -4.71. The molecule has 1 N–H and O–H groups in total. The minimum absolute atomic E-state index is 0.299. The molecule has 0 saturated heterocycles. The van der Waals surface area contributed by atoms with Crippen molar-refractivity contribution >= 4 is 50.9 Å². The Bertz CT molecular complexity index is 1700. The second kappa shape index (κ2) is 9.98. The van der Waals surface area contributed by atoms with Crippen LogP contribution in [-0.4, -0.2) is 23.5 Å². The first kappa shape index (κ1) is 23.7. The van der Waals surface area contributed by atoms with Crippen LogP contribution in [-0.2, 0) is 16.0 Å². The topological polar surface area (TPSA) is 81.4 Å². The second-order valence-electron chi connectivity index (χ2n) is 9.68. The van der Waals surface area contributed by atoms with Crippen LogP contribution < -0.4 is 5.32 Å². The highest BCUT2D eigenvalue weighted by molar-refractivity contribution is 6.08. The number of hydrogen-bond donors (Lipinski definition) is 1. The van der Waals surface area contributed by atoms with Gasteiger partial charge in [0.1, 0.15) is 5.76 Å². The van der Waals surface area contributed by atoms with E-state index in [1.165, 1.54) is 0 Å². The maximum Gasteiger partial charge on any atom is 0.339 e. The molecule has 1 atom stereocenters. The highest BCUT2D eigenvalue weighted by Crippen LogP contribution is 2.38. The van der Waals surface area contributed by atoms with Gasteiger partial charge in [-0.2, -0.15) is 0 Å². The predicted molar refractivity (Wildman–Crippen MR) is 149 cm³/mol. The molecule has 3 aromatic carbocycles. The number of anilines is 1. The fourth-order valence-corrected chi connectivity index (χ4v) is 5.24. The summed E-state index contributed by atoms with van der Waals surface area (Å²) in [4.78, 5) is 31.3. The Morgan fingerprint density at radius 3 is 2.61 bits per heavy atom. The number of para-hydroxylation sites is 1. The zero-order valence-electron chi connectivity index (χ0n) is 20.9. The average Bonchev–Trinajstić information content (AvgIpc) is 3.44. The number of nitrogens with zero attached hydrogens (tertiary/aromatic N) is 1. The number of ether oxygens (including phenoxy) is 1. The van der Waals surface area contributed by atoms with Gasteiger partial charge < -0.3 is 14.5 Å². The molecule has 1 unspecified atom stereocenters. The average molecular weight is 503 g/mol.